The Bertz CT molecular complexity index is 1570. The smallest absolute Gasteiger partial charge is 0.227 e. The van der Waals surface area contributed by atoms with Crippen LogP contribution in [-0.2, 0) is 44.7 Å². The summed E-state index contributed by atoms with van der Waals surface area (Å²) in [5.74, 6) is 8.36. The maximum Gasteiger partial charge on any atom is 0.227 e. The van der Waals surface area contributed by atoms with Crippen molar-refractivity contribution in [3.8, 4) is 11.8 Å². The molecular weight excluding hydrogens is 749 g/mol. The van der Waals surface area contributed by atoms with E-state index < -0.39 is 0 Å². The Balaban J connectivity index is 0.851. The molecule has 0 radical (unpaired) electrons. The van der Waals surface area contributed by atoms with E-state index in [1.54, 1.807) is 0 Å². The summed E-state index contributed by atoms with van der Waals surface area (Å²) in [5, 5.41) is 10.4. The zero-order valence-corrected chi connectivity index (χ0v) is 35.8. The molecular formula is C47H70N4O8. The number of ether oxygens (including phenoxy) is 5. The van der Waals surface area contributed by atoms with Gasteiger partial charge in [-0.2, -0.15) is 0 Å². The lowest BCUT2D eigenvalue weighted by Crippen LogP contribution is -2.31. The second-order valence-electron chi connectivity index (χ2n) is 15.3. The van der Waals surface area contributed by atoms with Crippen molar-refractivity contribution in [3.05, 3.63) is 65.2 Å². The predicted octanol–water partition coefficient (Wildman–Crippen LogP) is 7.02. The molecule has 1 fully saturated rings. The minimum atomic E-state index is -0.0415. The number of nitrogens with one attached hydrogen (secondary N) is 2. The zero-order chi connectivity index (χ0) is 41.6. The number of oxime groups is 1. The number of rotatable bonds is 34. The Hall–Kier alpha value is -3.83. The third kappa shape index (κ3) is 21.3. The van der Waals surface area contributed by atoms with Crippen LogP contribution in [0.25, 0.3) is 0 Å². The fraction of sp³-hybridized carbons (Fsp3) is 0.638. The molecule has 4 rings (SSSR count). The third-order valence-corrected chi connectivity index (χ3v) is 10.5. The number of unbranched alkanes of at least 4 members (excludes halogenated alkanes) is 2. The van der Waals surface area contributed by atoms with E-state index in [2.05, 4.69) is 34.6 Å². The van der Waals surface area contributed by atoms with E-state index in [0.717, 1.165) is 65.6 Å². The summed E-state index contributed by atoms with van der Waals surface area (Å²) in [7, 11) is 0. The summed E-state index contributed by atoms with van der Waals surface area (Å²) in [6, 6.07) is 15.8. The molecule has 1 heterocycles. The van der Waals surface area contributed by atoms with Crippen LogP contribution in [0.4, 0.5) is 5.69 Å². The van der Waals surface area contributed by atoms with Crippen LogP contribution in [-0.4, -0.2) is 103 Å². The van der Waals surface area contributed by atoms with Gasteiger partial charge in [0.15, 0.2) is 0 Å². The summed E-state index contributed by atoms with van der Waals surface area (Å²) in [4.78, 5) is 32.8. The highest BCUT2D eigenvalue weighted by atomic mass is 16.6. The summed E-state index contributed by atoms with van der Waals surface area (Å²) in [6.07, 6.45) is 12.3. The first-order valence-electron chi connectivity index (χ1n) is 22.0. The van der Waals surface area contributed by atoms with Gasteiger partial charge >= 0.3 is 0 Å². The Labute approximate surface area is 353 Å². The maximum atomic E-state index is 13.3. The number of benzene rings is 2. The second kappa shape index (κ2) is 30.2. The molecule has 12 nitrogen and oxygen atoms in total. The van der Waals surface area contributed by atoms with E-state index in [-0.39, 0.29) is 11.8 Å². The number of fused-ring (bicyclic) bond motifs is 2. The third-order valence-electron chi connectivity index (χ3n) is 10.5. The topological polar surface area (TPSA) is 129 Å². The van der Waals surface area contributed by atoms with Crippen LogP contribution in [0.3, 0.4) is 0 Å². The number of carbonyl (C=O) groups excluding carboxylic acids is 2. The quantitative estimate of drug-likeness (QED) is 0.0252. The SMILES string of the molecule is CC[C@@H](CC/C(C)=N/OCCOCNCCOCCOCCOCCOCCC(=O)NCCCCCC(=O)N1Cc2ccccc2C#Cc2ccccc21)CCC1CC1. The second-order valence-corrected chi connectivity index (χ2v) is 15.3. The first-order chi connectivity index (χ1) is 29.0. The molecule has 59 heavy (non-hydrogen) atoms. The average Bonchev–Trinajstić information content (AvgIpc) is 4.08. The van der Waals surface area contributed by atoms with Crippen LogP contribution in [0.1, 0.15) is 108 Å². The minimum absolute atomic E-state index is 0.0415. The Kier molecular flexibility index (Phi) is 24.5. The van der Waals surface area contributed by atoms with Gasteiger partial charge in [-0.3, -0.25) is 14.9 Å². The van der Waals surface area contributed by atoms with Crippen LogP contribution >= 0.6 is 0 Å². The number of anilines is 1. The van der Waals surface area contributed by atoms with Gasteiger partial charge in [0.1, 0.15) is 6.61 Å². The fourth-order valence-corrected chi connectivity index (χ4v) is 6.67. The van der Waals surface area contributed by atoms with Crippen LogP contribution in [0.15, 0.2) is 53.7 Å². The summed E-state index contributed by atoms with van der Waals surface area (Å²) in [5.41, 5.74) is 4.77. The van der Waals surface area contributed by atoms with Gasteiger partial charge in [0, 0.05) is 37.1 Å². The number of carbonyl (C=O) groups is 2. The van der Waals surface area contributed by atoms with Crippen LogP contribution in [0.2, 0.25) is 0 Å². The molecule has 1 aliphatic heterocycles. The molecule has 1 saturated carbocycles. The first-order valence-corrected chi connectivity index (χ1v) is 22.0. The van der Waals surface area contributed by atoms with Gasteiger partial charge in [0.25, 0.3) is 0 Å². The first kappa shape index (κ1) is 47.8. The zero-order valence-electron chi connectivity index (χ0n) is 35.8. The van der Waals surface area contributed by atoms with Crippen molar-refractivity contribution in [1.82, 2.24) is 10.6 Å². The van der Waals surface area contributed by atoms with Crippen molar-refractivity contribution < 1.29 is 38.1 Å². The molecule has 1 atom stereocenters. The number of para-hydroxylation sites is 1. The largest absolute Gasteiger partial charge is 0.393 e. The molecule has 2 aromatic rings. The van der Waals surface area contributed by atoms with Gasteiger partial charge in [-0.25, -0.2) is 0 Å². The number of nitrogens with zero attached hydrogens (tertiary/aromatic N) is 2. The van der Waals surface area contributed by atoms with E-state index in [1.807, 2.05) is 60.4 Å². The van der Waals surface area contributed by atoms with Gasteiger partial charge in [-0.05, 0) is 68.2 Å². The number of hydrogen-bond acceptors (Lipinski definition) is 10. The van der Waals surface area contributed by atoms with Crippen LogP contribution in [0.5, 0.6) is 0 Å². The van der Waals surface area contributed by atoms with Crippen molar-refractivity contribution in [3.63, 3.8) is 0 Å². The molecule has 0 saturated heterocycles. The van der Waals surface area contributed by atoms with E-state index in [4.69, 9.17) is 28.5 Å². The molecule has 0 spiro atoms. The monoisotopic (exact) mass is 819 g/mol. The summed E-state index contributed by atoms with van der Waals surface area (Å²) < 4.78 is 27.7. The van der Waals surface area contributed by atoms with Crippen molar-refractivity contribution in [2.75, 3.05) is 90.8 Å². The normalized spacial score (nSPS) is 14.1. The van der Waals surface area contributed by atoms with E-state index in [9.17, 15) is 9.59 Å². The lowest BCUT2D eigenvalue weighted by atomic mass is 9.93. The molecule has 12 heteroatoms. The lowest BCUT2D eigenvalue weighted by Gasteiger charge is -2.26. The van der Waals surface area contributed by atoms with Gasteiger partial charge in [-0.1, -0.05) is 92.8 Å². The van der Waals surface area contributed by atoms with Crippen molar-refractivity contribution >= 4 is 23.2 Å². The lowest BCUT2D eigenvalue weighted by molar-refractivity contribution is -0.122. The standard InChI is InChI=1S/C47H70N4O8/c1-3-40(18-19-41-20-21-41)17-16-39(2)50-59-36-35-58-38-48-26-28-55-30-32-57-34-33-56-31-29-54-27-24-46(52)49-25-10-4-5-15-47(53)51-37-44-13-7-6-11-42(44)22-23-43-12-8-9-14-45(43)51/h6-9,11-14,40-41,48H,3-5,10,15-21,24-38H2,1-2H3,(H,49,52)/b50-39+/t40-/m0/s1. The highest BCUT2D eigenvalue weighted by Crippen LogP contribution is 2.36. The average molecular weight is 819 g/mol. The molecule has 2 aromatic carbocycles. The van der Waals surface area contributed by atoms with Crippen molar-refractivity contribution in [2.24, 2.45) is 17.0 Å². The van der Waals surface area contributed by atoms with E-state index in [0.29, 0.717) is 105 Å². The van der Waals surface area contributed by atoms with Gasteiger partial charge in [0.2, 0.25) is 11.8 Å². The fourth-order valence-electron chi connectivity index (χ4n) is 6.67. The summed E-state index contributed by atoms with van der Waals surface area (Å²) >= 11 is 0. The van der Waals surface area contributed by atoms with Gasteiger partial charge in [0.05, 0.1) is 84.1 Å². The number of amides is 2. The van der Waals surface area contributed by atoms with Crippen LogP contribution in [0, 0.1) is 23.7 Å². The molecule has 1 aliphatic carbocycles. The van der Waals surface area contributed by atoms with Gasteiger partial charge < -0.3 is 38.7 Å². The highest BCUT2D eigenvalue weighted by Gasteiger charge is 2.22. The van der Waals surface area contributed by atoms with Crippen molar-refractivity contribution in [2.45, 2.75) is 97.4 Å². The van der Waals surface area contributed by atoms with Crippen molar-refractivity contribution in [1.29, 1.82) is 0 Å². The molecule has 2 amide bonds. The molecule has 0 unspecified atom stereocenters. The van der Waals surface area contributed by atoms with E-state index in [1.165, 1.54) is 38.5 Å². The molecule has 326 valence electrons. The molecule has 2 aliphatic rings. The van der Waals surface area contributed by atoms with Crippen LogP contribution < -0.4 is 15.5 Å². The Morgan fingerprint density at radius 3 is 2.19 bits per heavy atom. The van der Waals surface area contributed by atoms with Gasteiger partial charge in [-0.15, -0.1) is 0 Å². The number of hydrogen-bond donors (Lipinski definition) is 2. The maximum absolute atomic E-state index is 13.3. The highest BCUT2D eigenvalue weighted by molar-refractivity contribution is 5.95. The van der Waals surface area contributed by atoms with E-state index >= 15 is 0 Å². The molecule has 0 aromatic heterocycles. The Morgan fingerprint density at radius 1 is 0.746 bits per heavy atom. The summed E-state index contributed by atoms with van der Waals surface area (Å²) in [6.45, 7) is 11.2. The molecule has 0 bridgehead atoms. The molecule has 2 N–H and O–H groups in total. The Morgan fingerprint density at radius 2 is 1.42 bits per heavy atom. The minimum Gasteiger partial charge on any atom is -0.393 e. The predicted molar refractivity (Wildman–Crippen MR) is 232 cm³/mol.